The van der Waals surface area contributed by atoms with Crippen molar-refractivity contribution in [2.75, 3.05) is 19.8 Å². The Morgan fingerprint density at radius 2 is 0.667 bits per heavy atom. The van der Waals surface area contributed by atoms with Crippen LogP contribution in [0.15, 0.2) is 154 Å². The van der Waals surface area contributed by atoms with Crippen LogP contribution >= 0.6 is 0 Å². The molecule has 0 bridgehead atoms. The zero-order valence-corrected chi connectivity index (χ0v) is 46.5. The van der Waals surface area contributed by atoms with Crippen LogP contribution in [0.2, 0.25) is 0 Å². The molecule has 0 aromatic carbocycles. The molecule has 1 atom stereocenters. The molecular formula is C51H55N9O27. The Kier molecular flexibility index (Phi) is 27.0. The quantitative estimate of drug-likeness (QED) is 0.0197. The van der Waals surface area contributed by atoms with Gasteiger partial charge in [0.2, 0.25) is 0 Å². The maximum atomic E-state index is 13.6. The first kappa shape index (κ1) is 69.8. The first-order valence-corrected chi connectivity index (χ1v) is 24.5. The Hall–Kier alpha value is -11.4. The molecule has 3 rings (SSSR count). The molecule has 0 radical (unpaired) electrons. The van der Waals surface area contributed by atoms with Gasteiger partial charge in [-0.3, -0.25) is 0 Å². The van der Waals surface area contributed by atoms with Gasteiger partial charge in [-0.05, 0) is 26.3 Å². The molecule has 36 nitrogen and oxygen atoms in total. The van der Waals surface area contributed by atoms with Crippen molar-refractivity contribution in [2.45, 2.75) is 87.1 Å². The summed E-state index contributed by atoms with van der Waals surface area (Å²) in [5.41, 5.74) is -12.8. The smallest absolute Gasteiger partial charge is 0.341 e. The van der Waals surface area contributed by atoms with Crippen LogP contribution < -0.4 is 51.2 Å². The second kappa shape index (κ2) is 33.6. The highest BCUT2D eigenvalue weighted by atomic mass is 16.6. The molecule has 87 heavy (non-hydrogen) atoms. The van der Waals surface area contributed by atoms with E-state index in [9.17, 15) is 86.6 Å². The van der Waals surface area contributed by atoms with Gasteiger partial charge in [0.05, 0.1) is 19.6 Å². The Morgan fingerprint density at radius 1 is 0.391 bits per heavy atom. The molecule has 3 heterocycles. The van der Waals surface area contributed by atoms with Crippen molar-refractivity contribution in [3.63, 3.8) is 0 Å². The van der Waals surface area contributed by atoms with Crippen LogP contribution in [0.25, 0.3) is 0 Å². The minimum atomic E-state index is -1.97. The molecule has 0 amide bonds. The second-order valence-corrected chi connectivity index (χ2v) is 16.7. The number of carbonyl (C=O) groups excluding carboxylic acids is 8. The van der Waals surface area contributed by atoms with Gasteiger partial charge in [-0.15, -0.1) is 0 Å². The number of carbonyl (C=O) groups is 8. The third-order valence-corrected chi connectivity index (χ3v) is 10.7. The standard InChI is InChI=1S/C51H55N9O27/c1-9-34(61)79-22-19-52-43(70)53(20-23-80-35(62)10-2)45(72)54(44(52)71)21-24-81-38(65)17-13-15-32(7)41(68)86-29-59-49(76)58(28-85-40(67)31(5)6)50(77)60(51(59)78)30-87-42(69)33(8)16-14-18-39(66)84-27-57-47(74)55(25-82-36(63)11-3)46(73)56(48(57)75)26-83-37(64)12-4/h9-18,41,68H,1-5,19-30H2,6-8H3/b17-13+,18-14+,32-15+,33-16+. The van der Waals surface area contributed by atoms with Crippen molar-refractivity contribution in [1.82, 2.24) is 41.1 Å². The topological polar surface area (TPSA) is 438 Å². The minimum absolute atomic E-state index is 0.0968. The third-order valence-electron chi connectivity index (χ3n) is 10.7. The van der Waals surface area contributed by atoms with Gasteiger partial charge in [0.15, 0.2) is 39.9 Å². The Morgan fingerprint density at radius 3 is 1.02 bits per heavy atom. The van der Waals surface area contributed by atoms with Crippen LogP contribution in [-0.4, -0.2) is 120 Å². The Bertz CT molecular complexity index is 3830. The number of hydrogen-bond acceptors (Lipinski definition) is 27. The number of aromatic nitrogens is 9. The highest BCUT2D eigenvalue weighted by Crippen LogP contribution is 2.05. The normalized spacial score (nSPS) is 11.7. The third kappa shape index (κ3) is 19.9. The van der Waals surface area contributed by atoms with E-state index in [4.69, 9.17) is 42.6 Å². The number of nitrogens with zero attached hydrogens (tertiary/aromatic N) is 9. The summed E-state index contributed by atoms with van der Waals surface area (Å²) < 4.78 is 47.2. The van der Waals surface area contributed by atoms with E-state index in [1.165, 1.54) is 13.8 Å². The van der Waals surface area contributed by atoms with Gasteiger partial charge >= 0.3 is 99.0 Å². The molecule has 36 heteroatoms. The summed E-state index contributed by atoms with van der Waals surface area (Å²) in [6.07, 6.45) is 6.59. The molecule has 0 aliphatic heterocycles. The van der Waals surface area contributed by atoms with Gasteiger partial charge in [-0.25, -0.2) is 123 Å². The van der Waals surface area contributed by atoms with E-state index in [0.29, 0.717) is 31.9 Å². The van der Waals surface area contributed by atoms with Crippen LogP contribution in [0.4, 0.5) is 0 Å². The minimum Gasteiger partial charge on any atom is -0.461 e. The van der Waals surface area contributed by atoms with Gasteiger partial charge in [0.25, 0.3) is 0 Å². The van der Waals surface area contributed by atoms with Crippen LogP contribution in [0.3, 0.4) is 0 Å². The molecule has 466 valence electrons. The molecule has 3 aromatic rings. The van der Waals surface area contributed by atoms with Crippen LogP contribution in [0.1, 0.15) is 20.8 Å². The van der Waals surface area contributed by atoms with E-state index in [0.717, 1.165) is 49.5 Å². The van der Waals surface area contributed by atoms with E-state index in [1.54, 1.807) is 0 Å². The van der Waals surface area contributed by atoms with Crippen molar-refractivity contribution in [1.29, 1.82) is 0 Å². The van der Waals surface area contributed by atoms with Crippen LogP contribution in [0, 0.1) is 0 Å². The molecule has 1 N–H and O–H groups in total. The monoisotopic (exact) mass is 1230 g/mol. The average Bonchev–Trinajstić information content (AvgIpc) is 1.83. The van der Waals surface area contributed by atoms with Gasteiger partial charge < -0.3 is 47.7 Å². The van der Waals surface area contributed by atoms with Gasteiger partial charge in [-0.1, -0.05) is 57.2 Å². The summed E-state index contributed by atoms with van der Waals surface area (Å²) in [7, 11) is 0. The van der Waals surface area contributed by atoms with E-state index < -0.39 is 185 Å². The lowest BCUT2D eigenvalue weighted by Gasteiger charge is -2.16. The lowest BCUT2D eigenvalue weighted by molar-refractivity contribution is -0.145. The lowest BCUT2D eigenvalue weighted by atomic mass is 10.2. The van der Waals surface area contributed by atoms with Gasteiger partial charge in [0, 0.05) is 47.6 Å². The maximum absolute atomic E-state index is 13.6. The number of esters is 8. The largest absolute Gasteiger partial charge is 0.461 e. The van der Waals surface area contributed by atoms with Crippen molar-refractivity contribution in [3.8, 4) is 0 Å². The molecule has 0 aliphatic rings. The summed E-state index contributed by atoms with van der Waals surface area (Å²) in [6.45, 7) is 9.70. The molecule has 0 fully saturated rings. The van der Waals surface area contributed by atoms with Crippen molar-refractivity contribution in [2.24, 2.45) is 0 Å². The lowest BCUT2D eigenvalue weighted by Crippen LogP contribution is -2.55. The Labute approximate surface area is 485 Å². The molecule has 3 aromatic heterocycles. The fraction of sp³-hybridized carbons (Fsp3) is 0.314. The molecule has 0 saturated heterocycles. The first-order chi connectivity index (χ1) is 41.1. The van der Waals surface area contributed by atoms with E-state index in [1.807, 2.05) is 0 Å². The predicted molar refractivity (Wildman–Crippen MR) is 289 cm³/mol. The average molecular weight is 1230 g/mol. The van der Waals surface area contributed by atoms with Gasteiger partial charge in [-0.2, -0.15) is 0 Å². The molecule has 1 unspecified atom stereocenters. The number of hydrogen-bond donors (Lipinski definition) is 1. The number of aliphatic hydroxyl groups excluding tert-OH is 1. The summed E-state index contributed by atoms with van der Waals surface area (Å²) in [5, 5.41) is 10.7. The number of ether oxygens (including phenoxy) is 9. The molecule has 0 spiro atoms. The zero-order valence-electron chi connectivity index (χ0n) is 46.5. The first-order valence-electron chi connectivity index (χ1n) is 24.5. The SMILES string of the molecule is C=CC(=O)OCCn1c(=O)n(CCOC(=O)C=C)c(=O)n(CCOC(=O)/C=C/C=C(\C)C(O)OCn2c(=O)n(COC(=O)C(=C)C)c(=O)n(COC(=O)/C(C)=C/C=C/C(=O)OCn3c(=O)n(COC(=O)C=C)c(=O)n(COC(=O)C=C)c3=O)c2=O)c1=O. The molecule has 0 saturated carbocycles. The summed E-state index contributed by atoms with van der Waals surface area (Å²) in [5.74, 6) is -8.58. The number of rotatable bonds is 33. The van der Waals surface area contributed by atoms with Crippen molar-refractivity contribution < 1.29 is 86.1 Å². The van der Waals surface area contributed by atoms with E-state index in [2.05, 4.69) is 32.9 Å². The fourth-order valence-electron chi connectivity index (χ4n) is 6.17. The highest BCUT2D eigenvalue weighted by molar-refractivity contribution is 5.89. The highest BCUT2D eigenvalue weighted by Gasteiger charge is 2.22. The van der Waals surface area contributed by atoms with E-state index in [-0.39, 0.29) is 44.1 Å². The van der Waals surface area contributed by atoms with Crippen LogP contribution in [0.5, 0.6) is 0 Å². The van der Waals surface area contributed by atoms with Crippen molar-refractivity contribution >= 4 is 47.8 Å². The summed E-state index contributed by atoms with van der Waals surface area (Å²) in [6, 6.07) is 0. The summed E-state index contributed by atoms with van der Waals surface area (Å²) >= 11 is 0. The maximum Gasteiger partial charge on any atom is 0.341 e. The van der Waals surface area contributed by atoms with Crippen LogP contribution in [-0.2, 0) is 141 Å². The number of allylic oxidation sites excluding steroid dienone is 4. The zero-order chi connectivity index (χ0) is 65.2. The van der Waals surface area contributed by atoms with Crippen molar-refractivity contribution in [3.05, 3.63) is 205 Å². The van der Waals surface area contributed by atoms with E-state index >= 15 is 0 Å². The fourth-order valence-corrected chi connectivity index (χ4v) is 6.17. The number of aliphatic hydroxyl groups is 1. The summed E-state index contributed by atoms with van der Waals surface area (Å²) in [4.78, 5) is 215. The molecular weight excluding hydrogens is 1170 g/mol. The Balaban J connectivity index is 1.78. The second-order valence-electron chi connectivity index (χ2n) is 16.7. The molecule has 0 aliphatic carbocycles. The predicted octanol–water partition coefficient (Wildman–Crippen LogP) is -4.71. The van der Waals surface area contributed by atoms with Gasteiger partial charge in [0.1, 0.15) is 26.6 Å².